The summed E-state index contributed by atoms with van der Waals surface area (Å²) < 4.78 is 43.5. The van der Waals surface area contributed by atoms with E-state index in [4.69, 9.17) is 4.74 Å². The van der Waals surface area contributed by atoms with Crippen molar-refractivity contribution in [2.45, 2.75) is 4.90 Å². The Labute approximate surface area is 198 Å². The Balaban J connectivity index is 0.000000387. The van der Waals surface area contributed by atoms with E-state index in [0.29, 0.717) is 22.7 Å². The summed E-state index contributed by atoms with van der Waals surface area (Å²) in [5.41, 5.74) is 1.68. The van der Waals surface area contributed by atoms with Crippen molar-refractivity contribution >= 4 is 15.7 Å². The van der Waals surface area contributed by atoms with Gasteiger partial charge in [-0.2, -0.15) is 0 Å². The number of halogens is 1. The van der Waals surface area contributed by atoms with E-state index in [0.717, 1.165) is 0 Å². The Morgan fingerprint density at radius 3 is 1.97 bits per heavy atom. The molecule has 0 radical (unpaired) electrons. The number of rotatable bonds is 5. The van der Waals surface area contributed by atoms with Crippen LogP contribution >= 0.6 is 0 Å². The minimum absolute atomic E-state index is 0.110. The van der Waals surface area contributed by atoms with Crippen molar-refractivity contribution in [3.63, 3.8) is 0 Å². The van der Waals surface area contributed by atoms with Gasteiger partial charge in [-0.25, -0.2) is 8.42 Å². The number of aromatic nitrogens is 2. The van der Waals surface area contributed by atoms with E-state index in [-0.39, 0.29) is 4.90 Å². The van der Waals surface area contributed by atoms with Gasteiger partial charge < -0.3 is 9.46 Å². The molecule has 32 heavy (non-hydrogen) atoms. The topological polar surface area (TPSA) is 83.3 Å². The summed E-state index contributed by atoms with van der Waals surface area (Å²) in [5, 5.41) is 0. The Hall–Kier alpha value is -3.12. The first kappa shape index (κ1) is 25.1. The molecule has 4 rings (SSSR count). The first-order valence-corrected chi connectivity index (χ1v) is 11.2. The summed E-state index contributed by atoms with van der Waals surface area (Å²) in [6.07, 6.45) is 5.16. The van der Waals surface area contributed by atoms with Crippen LogP contribution in [0.2, 0.25) is 0 Å². The summed E-state index contributed by atoms with van der Waals surface area (Å²) >= 11 is 1.25. The molecule has 0 amide bonds. The fourth-order valence-corrected chi connectivity index (χ4v) is 3.54. The fourth-order valence-electron chi connectivity index (χ4n) is 2.53. The zero-order valence-corrected chi connectivity index (χ0v) is 19.4. The van der Waals surface area contributed by atoms with Gasteiger partial charge >= 0.3 is 22.9 Å². The summed E-state index contributed by atoms with van der Waals surface area (Å²) in [4.78, 5) is 8.16. The summed E-state index contributed by atoms with van der Waals surface area (Å²) in [5.74, 6) is 0.586. The molecule has 0 fully saturated rings. The molecular weight excluding hydrogens is 524 g/mol. The second kappa shape index (κ2) is 13.3. The van der Waals surface area contributed by atoms with E-state index in [1.165, 1.54) is 39.0 Å². The molecule has 0 aliphatic carbocycles. The smallest absolute Gasteiger partial charge is 0.0267 e. The summed E-state index contributed by atoms with van der Waals surface area (Å²) in [6, 6.07) is 24.3. The van der Waals surface area contributed by atoms with E-state index >= 15 is 0 Å². The molecule has 2 aromatic carbocycles. The van der Waals surface area contributed by atoms with E-state index in [1.807, 2.05) is 36.4 Å². The number of nitrogens with zero attached hydrogens (tertiary/aromatic N) is 3. The van der Waals surface area contributed by atoms with E-state index in [1.54, 1.807) is 55.0 Å². The molecule has 0 aliphatic rings. The molecular formula is C23H20FN3O3PdS. The number of ether oxygens (including phenoxy) is 1. The molecule has 0 bridgehead atoms. The molecule has 9 heteroatoms. The Kier molecular flexibility index (Phi) is 10.5. The number of benzene rings is 2. The molecule has 0 saturated heterocycles. The van der Waals surface area contributed by atoms with Gasteiger partial charge in [0.25, 0.3) is 0 Å². The van der Waals surface area contributed by atoms with Gasteiger partial charge in [-0.05, 0) is 54.1 Å². The van der Waals surface area contributed by atoms with Gasteiger partial charge in [0.2, 0.25) is 0 Å². The second-order valence-corrected chi connectivity index (χ2v) is 7.60. The number of sulfonamides is 1. The monoisotopic (exact) mass is 543 g/mol. The van der Waals surface area contributed by atoms with Crippen LogP contribution in [0.3, 0.4) is 0 Å². The summed E-state index contributed by atoms with van der Waals surface area (Å²) in [6.45, 7) is 0. The third kappa shape index (κ3) is 7.54. The molecule has 0 N–H and O–H groups in total. The average Bonchev–Trinajstić information content (AvgIpc) is 2.87. The first-order valence-electron chi connectivity index (χ1n) is 9.19. The zero-order chi connectivity index (χ0) is 23.2. The normalized spacial score (nSPS) is 10.0. The van der Waals surface area contributed by atoms with Crippen molar-refractivity contribution in [1.29, 1.82) is 0 Å². The van der Waals surface area contributed by atoms with Gasteiger partial charge in [-0.15, -0.1) is 5.69 Å². The molecule has 6 nitrogen and oxygen atoms in total. The average molecular weight is 544 g/mol. The van der Waals surface area contributed by atoms with E-state index in [9.17, 15) is 11.6 Å². The quantitative estimate of drug-likeness (QED) is 0.304. The predicted molar refractivity (Wildman–Crippen MR) is 118 cm³/mol. The SMILES string of the molecule is COc1ccc(S(=O)(=O)[N-]c2ccccc2-c2ccccn2)cc1.[F][Pd+].c1ccncc1. The Morgan fingerprint density at radius 1 is 0.812 bits per heavy atom. The maximum atomic E-state index is 12.6. The van der Waals surface area contributed by atoms with E-state index < -0.39 is 10.0 Å². The van der Waals surface area contributed by atoms with Crippen LogP contribution in [-0.4, -0.2) is 25.5 Å². The minimum Gasteiger partial charge on any atom is -0.265 e. The third-order valence-electron chi connectivity index (χ3n) is 3.99. The maximum absolute atomic E-state index is 12.6. The predicted octanol–water partition coefficient (Wildman–Crippen LogP) is 5.65. The van der Waals surface area contributed by atoms with E-state index in [2.05, 4.69) is 14.7 Å². The molecule has 0 unspecified atom stereocenters. The molecule has 0 spiro atoms. The van der Waals surface area contributed by atoms with Crippen LogP contribution in [0.25, 0.3) is 16.0 Å². The van der Waals surface area contributed by atoms with Crippen LogP contribution in [0.1, 0.15) is 0 Å². The standard InChI is InChI=1S/C18H15N2O3S.C5H5N.FH.Pd/c1-23-14-9-11-15(12-10-14)24(21,22)20-18-8-3-2-6-16(18)17-7-4-5-13-19-17;1-2-4-6-5-3-1;;/h2-13H,1H3;1-5H;1H;/q-1;;;+2/p-1. The third-order valence-corrected chi connectivity index (χ3v) is 5.29. The maximum Gasteiger partial charge on any atom is 0.0267 e. The molecule has 2 heterocycles. The van der Waals surface area contributed by atoms with Crippen LogP contribution < -0.4 is 4.74 Å². The molecule has 4 aromatic rings. The van der Waals surface area contributed by atoms with Gasteiger partial charge in [0.1, 0.15) is 15.8 Å². The van der Waals surface area contributed by atoms with Gasteiger partial charge in [0.05, 0.1) is 17.7 Å². The van der Waals surface area contributed by atoms with Crippen molar-refractivity contribution < 1.29 is 36.1 Å². The van der Waals surface area contributed by atoms with Crippen molar-refractivity contribution in [2.75, 3.05) is 7.11 Å². The van der Waals surface area contributed by atoms with Gasteiger partial charge in [-0.3, -0.25) is 9.97 Å². The van der Waals surface area contributed by atoms with Crippen LogP contribution in [0.4, 0.5) is 8.91 Å². The van der Waals surface area contributed by atoms with Crippen LogP contribution in [0.15, 0.2) is 108 Å². The Morgan fingerprint density at radius 2 is 1.44 bits per heavy atom. The number of hydrogen-bond donors (Lipinski definition) is 0. The molecule has 0 saturated carbocycles. The van der Waals surface area contributed by atoms with Crippen LogP contribution in [0.5, 0.6) is 5.75 Å². The second-order valence-electron chi connectivity index (χ2n) is 6.00. The Bertz CT molecular complexity index is 1140. The van der Waals surface area contributed by atoms with Gasteiger partial charge in [0.15, 0.2) is 0 Å². The zero-order valence-electron chi connectivity index (χ0n) is 17.0. The van der Waals surface area contributed by atoms with Gasteiger partial charge in [-0.1, -0.05) is 36.4 Å². The molecule has 0 aliphatic heterocycles. The fraction of sp³-hybridized carbons (Fsp3) is 0.0435. The first-order chi connectivity index (χ1) is 15.6. The minimum atomic E-state index is -3.83. The van der Waals surface area contributed by atoms with Crippen molar-refractivity contribution in [3.05, 3.63) is 108 Å². The number of pyridine rings is 2. The van der Waals surface area contributed by atoms with Crippen molar-refractivity contribution in [1.82, 2.24) is 9.97 Å². The summed E-state index contributed by atoms with van der Waals surface area (Å²) in [7, 11) is -2.30. The number of methoxy groups -OCH3 is 1. The molecule has 2 aromatic heterocycles. The van der Waals surface area contributed by atoms with Crippen LogP contribution in [-0.2, 0) is 29.7 Å². The largest absolute Gasteiger partial charge is 0.265 e. The number of hydrogen-bond acceptors (Lipinski definition) is 5. The van der Waals surface area contributed by atoms with Gasteiger partial charge in [0, 0.05) is 18.6 Å². The van der Waals surface area contributed by atoms with Crippen LogP contribution in [0, 0.1) is 0 Å². The molecule has 0 atom stereocenters. The van der Waals surface area contributed by atoms with Crippen molar-refractivity contribution in [2.24, 2.45) is 0 Å². The van der Waals surface area contributed by atoms with Crippen molar-refractivity contribution in [3.8, 4) is 17.0 Å². The molecule has 168 valence electrons.